The largest absolute Gasteiger partial charge is 0.481 e. The number of rotatable bonds is 14. The zero-order valence-corrected chi connectivity index (χ0v) is 23.4. The first kappa shape index (κ1) is 28.8. The molecule has 208 valence electrons. The van der Waals surface area contributed by atoms with E-state index in [1.807, 2.05) is 0 Å². The Labute approximate surface area is 233 Å². The first-order chi connectivity index (χ1) is 19.0. The molecule has 0 spiro atoms. The van der Waals surface area contributed by atoms with Crippen molar-refractivity contribution in [1.29, 1.82) is 0 Å². The zero-order chi connectivity index (χ0) is 27.5. The second kappa shape index (κ2) is 14.8. The fraction of sp³-hybridized carbons (Fsp3) is 0.471. The lowest BCUT2D eigenvalue weighted by Crippen LogP contribution is -2.45. The summed E-state index contributed by atoms with van der Waals surface area (Å²) in [4.78, 5) is 25.8. The van der Waals surface area contributed by atoms with E-state index in [-0.39, 0.29) is 18.4 Å². The number of nitrogens with one attached hydrogen (secondary N) is 1. The molecule has 1 aliphatic heterocycles. The number of likely N-dealkylation sites (tertiary alicyclic amines) is 1. The molecule has 39 heavy (non-hydrogen) atoms. The maximum Gasteiger partial charge on any atom is 0.303 e. The van der Waals surface area contributed by atoms with E-state index >= 15 is 0 Å². The zero-order valence-electron chi connectivity index (χ0n) is 23.4. The molecule has 0 aliphatic carbocycles. The van der Waals surface area contributed by atoms with Crippen LogP contribution in [0.4, 0.5) is 0 Å². The number of aliphatic carboxylic acids is 1. The van der Waals surface area contributed by atoms with Gasteiger partial charge in [-0.15, -0.1) is 0 Å². The van der Waals surface area contributed by atoms with E-state index in [0.717, 1.165) is 64.6 Å². The van der Waals surface area contributed by atoms with Gasteiger partial charge in [0.15, 0.2) is 0 Å². The lowest BCUT2D eigenvalue weighted by Gasteiger charge is -2.39. The molecule has 0 aromatic heterocycles. The Morgan fingerprint density at radius 3 is 2.31 bits per heavy atom. The number of hydrogen-bond donors (Lipinski definition) is 2. The number of fused-ring (bicyclic) bond motifs is 1. The van der Waals surface area contributed by atoms with Crippen molar-refractivity contribution in [3.8, 4) is 0 Å². The highest BCUT2D eigenvalue weighted by Crippen LogP contribution is 2.33. The number of benzene rings is 3. The average molecular weight is 529 g/mol. The number of carboxylic acid groups (broad SMARTS) is 1. The predicted molar refractivity (Wildman–Crippen MR) is 159 cm³/mol. The SMILES string of the molecule is C[C@@H](NCC1CCN(C(=O)CCCCCCCCC(=O)O)CC1c1ccccc1)c1cccc2ccccc12. The normalized spacial score (nSPS) is 18.2. The molecule has 1 heterocycles. The van der Waals surface area contributed by atoms with Crippen LogP contribution in [0.1, 0.15) is 87.8 Å². The summed E-state index contributed by atoms with van der Waals surface area (Å²) in [6, 6.07) is 26.1. The molecule has 1 aliphatic rings. The number of unbranched alkanes of at least 4 members (excludes halogenated alkanes) is 5. The molecule has 2 N–H and O–H groups in total. The quantitative estimate of drug-likeness (QED) is 0.215. The molecule has 3 atom stereocenters. The van der Waals surface area contributed by atoms with Crippen LogP contribution in [-0.2, 0) is 9.59 Å². The fourth-order valence-corrected chi connectivity index (χ4v) is 6.03. The second-order valence-electron chi connectivity index (χ2n) is 11.1. The minimum atomic E-state index is -0.715. The monoisotopic (exact) mass is 528 g/mol. The molecular formula is C34H44N2O3. The summed E-state index contributed by atoms with van der Waals surface area (Å²) >= 11 is 0. The van der Waals surface area contributed by atoms with Crippen LogP contribution < -0.4 is 5.32 Å². The third kappa shape index (κ3) is 8.40. The number of hydrogen-bond acceptors (Lipinski definition) is 3. The Bertz CT molecular complexity index is 1190. The van der Waals surface area contributed by atoms with Crippen molar-refractivity contribution in [2.75, 3.05) is 19.6 Å². The molecule has 5 nitrogen and oxygen atoms in total. The van der Waals surface area contributed by atoms with Gasteiger partial charge in [0.05, 0.1) is 0 Å². The van der Waals surface area contributed by atoms with Gasteiger partial charge in [0.1, 0.15) is 0 Å². The summed E-state index contributed by atoms with van der Waals surface area (Å²) in [5, 5.41) is 15.2. The van der Waals surface area contributed by atoms with Crippen molar-refractivity contribution in [3.63, 3.8) is 0 Å². The molecule has 1 fully saturated rings. The van der Waals surface area contributed by atoms with E-state index in [2.05, 4.69) is 89.9 Å². The van der Waals surface area contributed by atoms with Crippen LogP contribution in [0, 0.1) is 5.92 Å². The Kier molecular flexibility index (Phi) is 11.0. The van der Waals surface area contributed by atoms with Gasteiger partial charge < -0.3 is 15.3 Å². The summed E-state index contributed by atoms with van der Waals surface area (Å²) in [6.45, 7) is 4.79. The van der Waals surface area contributed by atoms with Crippen molar-refractivity contribution in [2.24, 2.45) is 5.92 Å². The van der Waals surface area contributed by atoms with E-state index in [0.29, 0.717) is 18.3 Å². The van der Waals surface area contributed by atoms with Crippen LogP contribution >= 0.6 is 0 Å². The highest BCUT2D eigenvalue weighted by molar-refractivity contribution is 5.86. The summed E-state index contributed by atoms with van der Waals surface area (Å²) in [6.07, 6.45) is 7.65. The van der Waals surface area contributed by atoms with Crippen molar-refractivity contribution in [2.45, 2.75) is 76.7 Å². The van der Waals surface area contributed by atoms with E-state index in [1.54, 1.807) is 0 Å². The molecule has 1 amide bonds. The van der Waals surface area contributed by atoms with Gasteiger partial charge in [-0.25, -0.2) is 0 Å². The Balaban J connectivity index is 1.30. The Hall–Kier alpha value is -3.18. The van der Waals surface area contributed by atoms with Gasteiger partial charge in [-0.1, -0.05) is 98.5 Å². The van der Waals surface area contributed by atoms with Crippen molar-refractivity contribution >= 4 is 22.6 Å². The van der Waals surface area contributed by atoms with Crippen molar-refractivity contribution in [3.05, 3.63) is 83.9 Å². The van der Waals surface area contributed by atoms with Gasteiger partial charge in [-0.2, -0.15) is 0 Å². The van der Waals surface area contributed by atoms with Crippen LogP contribution in [0.2, 0.25) is 0 Å². The molecule has 3 aromatic carbocycles. The minimum Gasteiger partial charge on any atom is -0.481 e. The molecule has 2 unspecified atom stereocenters. The lowest BCUT2D eigenvalue weighted by atomic mass is 9.80. The van der Waals surface area contributed by atoms with Gasteiger partial charge >= 0.3 is 5.97 Å². The molecule has 3 aromatic rings. The van der Waals surface area contributed by atoms with Gasteiger partial charge in [0, 0.05) is 37.9 Å². The van der Waals surface area contributed by atoms with Crippen LogP contribution in [0.25, 0.3) is 10.8 Å². The first-order valence-electron chi connectivity index (χ1n) is 14.8. The third-order valence-corrected chi connectivity index (χ3v) is 8.34. The Morgan fingerprint density at radius 2 is 1.54 bits per heavy atom. The molecule has 0 bridgehead atoms. The summed E-state index contributed by atoms with van der Waals surface area (Å²) in [7, 11) is 0. The molecular weight excluding hydrogens is 484 g/mol. The van der Waals surface area contributed by atoms with Crippen molar-refractivity contribution < 1.29 is 14.7 Å². The molecule has 0 radical (unpaired) electrons. The van der Waals surface area contributed by atoms with Gasteiger partial charge in [-0.05, 0) is 60.5 Å². The Morgan fingerprint density at radius 1 is 0.872 bits per heavy atom. The highest BCUT2D eigenvalue weighted by Gasteiger charge is 2.32. The summed E-state index contributed by atoms with van der Waals surface area (Å²) < 4.78 is 0. The maximum absolute atomic E-state index is 13.1. The van der Waals surface area contributed by atoms with E-state index in [1.165, 1.54) is 21.9 Å². The number of piperidine rings is 1. The third-order valence-electron chi connectivity index (χ3n) is 8.34. The van der Waals surface area contributed by atoms with E-state index < -0.39 is 5.97 Å². The number of carboxylic acids is 1. The van der Waals surface area contributed by atoms with Gasteiger partial charge in [0.25, 0.3) is 0 Å². The standard InChI is InChI=1S/C34H44N2O3/c1-26(30-19-13-17-27-16-11-12-18-31(27)30)35-24-29-22-23-36(25-32(29)28-14-7-6-8-15-28)33(37)20-9-4-2-3-5-10-21-34(38)39/h6-8,11-19,26,29,32,35H,2-5,9-10,20-25H2,1H3,(H,38,39)/t26-,29?,32?/m1/s1. The smallest absolute Gasteiger partial charge is 0.303 e. The molecule has 4 rings (SSSR count). The van der Waals surface area contributed by atoms with Crippen LogP contribution in [0.5, 0.6) is 0 Å². The van der Waals surface area contributed by atoms with Crippen LogP contribution in [-0.4, -0.2) is 41.5 Å². The summed E-state index contributed by atoms with van der Waals surface area (Å²) in [5.74, 6) is 0.357. The van der Waals surface area contributed by atoms with Crippen LogP contribution in [0.3, 0.4) is 0 Å². The summed E-state index contributed by atoms with van der Waals surface area (Å²) in [5.41, 5.74) is 2.65. The van der Waals surface area contributed by atoms with Gasteiger partial charge in [0.2, 0.25) is 5.91 Å². The maximum atomic E-state index is 13.1. The minimum absolute atomic E-state index is 0.247. The molecule has 0 saturated carbocycles. The van der Waals surface area contributed by atoms with E-state index in [4.69, 9.17) is 5.11 Å². The first-order valence-corrected chi connectivity index (χ1v) is 14.8. The van der Waals surface area contributed by atoms with Crippen molar-refractivity contribution in [1.82, 2.24) is 10.2 Å². The van der Waals surface area contributed by atoms with Gasteiger partial charge in [-0.3, -0.25) is 9.59 Å². The fourth-order valence-electron chi connectivity index (χ4n) is 6.03. The molecule has 5 heteroatoms. The molecule has 1 saturated heterocycles. The van der Waals surface area contributed by atoms with E-state index in [9.17, 15) is 9.59 Å². The topological polar surface area (TPSA) is 69.6 Å². The number of amides is 1. The number of carbonyl (C=O) groups excluding carboxylic acids is 1. The van der Waals surface area contributed by atoms with Crippen LogP contribution in [0.15, 0.2) is 72.8 Å². The number of carbonyl (C=O) groups is 2. The number of nitrogens with zero attached hydrogens (tertiary/aromatic N) is 1. The average Bonchev–Trinajstić information content (AvgIpc) is 2.97. The predicted octanol–water partition coefficient (Wildman–Crippen LogP) is 7.33. The second-order valence-corrected chi connectivity index (χ2v) is 11.1. The lowest BCUT2D eigenvalue weighted by molar-refractivity contribution is -0.137. The highest BCUT2D eigenvalue weighted by atomic mass is 16.4.